The fourth-order valence-electron chi connectivity index (χ4n) is 2.26. The van der Waals surface area contributed by atoms with Gasteiger partial charge in [0.1, 0.15) is 15.3 Å². The Kier molecular flexibility index (Phi) is 4.77. The molecule has 126 valence electrons. The van der Waals surface area contributed by atoms with Crippen molar-refractivity contribution >= 4 is 28.8 Å². The van der Waals surface area contributed by atoms with E-state index < -0.39 is 0 Å². The fourth-order valence-corrected chi connectivity index (χ4v) is 3.34. The molecule has 0 aliphatic heterocycles. The van der Waals surface area contributed by atoms with Crippen LogP contribution >= 0.6 is 11.3 Å². The molecule has 0 saturated heterocycles. The summed E-state index contributed by atoms with van der Waals surface area (Å²) in [6.45, 7) is 3.95. The van der Waals surface area contributed by atoms with E-state index in [1.54, 1.807) is 13.1 Å². The van der Waals surface area contributed by atoms with Crippen LogP contribution in [0.15, 0.2) is 39.6 Å². The van der Waals surface area contributed by atoms with Crippen molar-refractivity contribution in [2.45, 2.75) is 20.4 Å². The quantitative estimate of drug-likeness (QED) is 0.757. The number of para-hydroxylation sites is 1. The largest absolute Gasteiger partial charge is 0.360 e. The van der Waals surface area contributed by atoms with E-state index >= 15 is 0 Å². The van der Waals surface area contributed by atoms with Crippen LogP contribution in [0.4, 0.5) is 5.69 Å². The highest BCUT2D eigenvalue weighted by molar-refractivity contribution is 7.07. The Morgan fingerprint density at radius 2 is 2.20 bits per heavy atom. The summed E-state index contributed by atoms with van der Waals surface area (Å²) in [5, 5.41) is 16.3. The van der Waals surface area contributed by atoms with Crippen LogP contribution in [-0.2, 0) is 6.54 Å². The molecule has 25 heavy (non-hydrogen) atoms. The Balaban J connectivity index is 2.17. The second kappa shape index (κ2) is 7.15. The third kappa shape index (κ3) is 3.36. The minimum Gasteiger partial charge on any atom is -0.360 e. The molecule has 0 aliphatic rings. The molecule has 0 unspecified atom stereocenters. The number of anilines is 1. The molecule has 7 nitrogen and oxygen atoms in total. The molecule has 2 heterocycles. The van der Waals surface area contributed by atoms with Gasteiger partial charge in [-0.05, 0) is 26.0 Å². The highest BCUT2D eigenvalue weighted by atomic mass is 32.1. The lowest BCUT2D eigenvalue weighted by atomic mass is 10.3. The number of nitriles is 1. The summed E-state index contributed by atoms with van der Waals surface area (Å²) < 4.78 is 7.61. The highest BCUT2D eigenvalue weighted by Crippen LogP contribution is 2.07. The van der Waals surface area contributed by atoms with Gasteiger partial charge >= 0.3 is 0 Å². The van der Waals surface area contributed by atoms with Gasteiger partial charge in [0.2, 0.25) is 0 Å². The molecule has 0 saturated carbocycles. The maximum Gasteiger partial charge on any atom is 0.271 e. The van der Waals surface area contributed by atoms with Crippen molar-refractivity contribution in [3.63, 3.8) is 0 Å². The molecule has 0 aliphatic carbocycles. The fraction of sp³-hybridized carbons (Fsp3) is 0.176. The first-order chi connectivity index (χ1) is 12.1. The third-order valence-electron chi connectivity index (χ3n) is 3.43. The van der Waals surface area contributed by atoms with Gasteiger partial charge in [0.15, 0.2) is 11.4 Å². The first kappa shape index (κ1) is 16.7. The van der Waals surface area contributed by atoms with Crippen molar-refractivity contribution in [3.05, 3.63) is 61.6 Å². The minimum absolute atomic E-state index is 0.117. The third-order valence-corrected chi connectivity index (χ3v) is 4.57. The topological polar surface area (TPSA) is 96.7 Å². The predicted molar refractivity (Wildman–Crippen MR) is 95.2 cm³/mol. The van der Waals surface area contributed by atoms with Crippen LogP contribution in [0.1, 0.15) is 18.6 Å². The number of benzene rings is 1. The van der Waals surface area contributed by atoms with Crippen molar-refractivity contribution in [2.24, 2.45) is 0 Å². The number of nitrogens with one attached hydrogen (secondary N) is 1. The van der Waals surface area contributed by atoms with Crippen LogP contribution in [0.2, 0.25) is 0 Å². The van der Waals surface area contributed by atoms with E-state index in [0.717, 1.165) is 5.69 Å². The predicted octanol–water partition coefficient (Wildman–Crippen LogP) is 1.19. The summed E-state index contributed by atoms with van der Waals surface area (Å²) in [4.78, 5) is 16.7. The van der Waals surface area contributed by atoms with Crippen molar-refractivity contribution < 1.29 is 4.52 Å². The molecule has 0 radical (unpaired) electrons. The Labute approximate surface area is 147 Å². The SMILES string of the molecule is CCn1c(=C(C#N)c2nc(C)no2)sc(=CNc2ccccc2)c1=O. The Morgan fingerprint density at radius 3 is 2.80 bits per heavy atom. The van der Waals surface area contributed by atoms with Gasteiger partial charge in [0, 0.05) is 18.4 Å². The molecular formula is C17H15N5O2S. The van der Waals surface area contributed by atoms with E-state index in [0.29, 0.717) is 21.6 Å². The van der Waals surface area contributed by atoms with Gasteiger partial charge in [0.25, 0.3) is 11.4 Å². The van der Waals surface area contributed by atoms with Gasteiger partial charge in [-0.1, -0.05) is 23.4 Å². The number of hydrogen-bond acceptors (Lipinski definition) is 7. The number of thiazole rings is 1. The van der Waals surface area contributed by atoms with Crippen molar-refractivity contribution in [1.29, 1.82) is 5.26 Å². The van der Waals surface area contributed by atoms with E-state index in [-0.39, 0.29) is 17.0 Å². The van der Waals surface area contributed by atoms with E-state index in [4.69, 9.17) is 4.52 Å². The molecule has 0 fully saturated rings. The Bertz CT molecular complexity index is 1100. The second-order valence-electron chi connectivity index (χ2n) is 5.11. The van der Waals surface area contributed by atoms with Crippen LogP contribution in [0.3, 0.4) is 0 Å². The lowest BCUT2D eigenvalue weighted by molar-refractivity contribution is 0.403. The molecule has 1 aromatic carbocycles. The van der Waals surface area contributed by atoms with Gasteiger partial charge in [0.05, 0.1) is 0 Å². The number of aromatic nitrogens is 3. The molecule has 1 N–H and O–H groups in total. The minimum atomic E-state index is -0.171. The average molecular weight is 353 g/mol. The van der Waals surface area contributed by atoms with Crippen molar-refractivity contribution in [1.82, 2.24) is 14.7 Å². The van der Waals surface area contributed by atoms with Crippen molar-refractivity contribution in [3.8, 4) is 6.07 Å². The number of hydrogen-bond donors (Lipinski definition) is 1. The summed E-state index contributed by atoms with van der Waals surface area (Å²) in [6, 6.07) is 11.6. The standard InChI is InChI=1S/C17H15N5O2S/c1-3-22-16(23)14(10-19-12-7-5-4-6-8-12)25-17(22)13(9-18)15-20-11(2)21-24-15/h4-8,10,19H,3H2,1-2H3. The van der Waals surface area contributed by atoms with Crippen LogP contribution in [0.5, 0.6) is 0 Å². The average Bonchev–Trinajstić information content (AvgIpc) is 3.18. The van der Waals surface area contributed by atoms with E-state index in [1.807, 2.05) is 37.3 Å². The molecule has 2 aromatic heterocycles. The zero-order valence-electron chi connectivity index (χ0n) is 13.7. The molecule has 0 bridgehead atoms. The van der Waals surface area contributed by atoms with Crippen LogP contribution < -0.4 is 20.1 Å². The van der Waals surface area contributed by atoms with Gasteiger partial charge in [-0.3, -0.25) is 9.36 Å². The van der Waals surface area contributed by atoms with Crippen LogP contribution in [0.25, 0.3) is 11.8 Å². The normalized spacial score (nSPS) is 12.8. The molecule has 0 atom stereocenters. The lowest BCUT2D eigenvalue weighted by Gasteiger charge is -1.97. The molecule has 8 heteroatoms. The van der Waals surface area contributed by atoms with E-state index in [1.165, 1.54) is 15.9 Å². The zero-order chi connectivity index (χ0) is 17.8. The molecule has 0 spiro atoms. The van der Waals surface area contributed by atoms with Crippen LogP contribution in [-0.4, -0.2) is 14.7 Å². The monoisotopic (exact) mass is 353 g/mol. The van der Waals surface area contributed by atoms with Crippen LogP contribution in [0, 0.1) is 18.3 Å². The van der Waals surface area contributed by atoms with Crippen molar-refractivity contribution in [2.75, 3.05) is 5.32 Å². The smallest absolute Gasteiger partial charge is 0.271 e. The Morgan fingerprint density at radius 1 is 1.44 bits per heavy atom. The maximum atomic E-state index is 12.6. The van der Waals surface area contributed by atoms with Gasteiger partial charge < -0.3 is 9.84 Å². The molecule has 3 rings (SSSR count). The zero-order valence-corrected chi connectivity index (χ0v) is 14.5. The number of nitrogens with zero attached hydrogens (tertiary/aromatic N) is 4. The lowest BCUT2D eigenvalue weighted by Crippen LogP contribution is -2.31. The Hall–Kier alpha value is -3.18. The van der Waals surface area contributed by atoms with Gasteiger partial charge in [-0.25, -0.2) is 0 Å². The highest BCUT2D eigenvalue weighted by Gasteiger charge is 2.15. The first-order valence-electron chi connectivity index (χ1n) is 7.60. The molecule has 0 amide bonds. The summed E-state index contributed by atoms with van der Waals surface area (Å²) in [5.41, 5.74) is 0.899. The maximum absolute atomic E-state index is 12.6. The summed E-state index contributed by atoms with van der Waals surface area (Å²) in [5.74, 6) is 0.549. The van der Waals surface area contributed by atoms with Gasteiger partial charge in [-0.15, -0.1) is 11.3 Å². The number of aryl methyl sites for hydroxylation is 1. The summed E-state index contributed by atoms with van der Waals surface area (Å²) in [7, 11) is 0. The molecular weight excluding hydrogens is 338 g/mol. The van der Waals surface area contributed by atoms with Gasteiger partial charge in [-0.2, -0.15) is 10.2 Å². The first-order valence-corrected chi connectivity index (χ1v) is 8.42. The van der Waals surface area contributed by atoms with E-state index in [2.05, 4.69) is 21.5 Å². The second-order valence-corrected chi connectivity index (χ2v) is 6.14. The summed E-state index contributed by atoms with van der Waals surface area (Å²) in [6.07, 6.45) is 1.64. The summed E-state index contributed by atoms with van der Waals surface area (Å²) >= 11 is 1.21. The number of rotatable bonds is 4. The van der Waals surface area contributed by atoms with E-state index in [9.17, 15) is 10.1 Å². The molecule has 3 aromatic rings.